The van der Waals surface area contributed by atoms with Gasteiger partial charge in [-0.25, -0.2) is 0 Å². The number of hydrogen-bond acceptors (Lipinski definition) is 3. The van der Waals surface area contributed by atoms with Crippen LogP contribution in [0.4, 0.5) is 0 Å². The maximum Gasteiger partial charge on any atom is 0.147 e. The summed E-state index contributed by atoms with van der Waals surface area (Å²) < 4.78 is 5.47. The molecule has 0 amide bonds. The third-order valence-electron chi connectivity index (χ3n) is 2.02. The van der Waals surface area contributed by atoms with Gasteiger partial charge in [-0.3, -0.25) is 0 Å². The number of furan rings is 1. The van der Waals surface area contributed by atoms with Gasteiger partial charge in [0.15, 0.2) is 0 Å². The lowest BCUT2D eigenvalue weighted by molar-refractivity contribution is 0.575. The molecule has 0 unspecified atom stereocenters. The SMILES string of the molecule is N/N=C\c1ccc(-c2cc(Cl)ccc2Cl)o1. The van der Waals surface area contributed by atoms with Gasteiger partial charge in [0.25, 0.3) is 0 Å². The summed E-state index contributed by atoms with van der Waals surface area (Å²) in [5.41, 5.74) is 0.742. The number of hydrogen-bond donors (Lipinski definition) is 1. The predicted octanol–water partition coefficient (Wildman–Crippen LogP) is 3.55. The molecule has 0 saturated carbocycles. The second-order valence-electron chi connectivity index (χ2n) is 3.10. The largest absolute Gasteiger partial charge is 0.455 e. The molecule has 3 nitrogen and oxygen atoms in total. The van der Waals surface area contributed by atoms with Gasteiger partial charge in [0.05, 0.1) is 11.2 Å². The Kier molecular flexibility index (Phi) is 3.17. The molecule has 0 aliphatic heterocycles. The van der Waals surface area contributed by atoms with E-state index in [4.69, 9.17) is 33.5 Å². The van der Waals surface area contributed by atoms with Crippen LogP contribution in [-0.2, 0) is 0 Å². The van der Waals surface area contributed by atoms with E-state index in [1.54, 1.807) is 30.3 Å². The van der Waals surface area contributed by atoms with Crippen molar-refractivity contribution in [1.29, 1.82) is 0 Å². The molecule has 2 rings (SSSR count). The monoisotopic (exact) mass is 254 g/mol. The standard InChI is InChI=1S/C11H8Cl2N2O/c12-7-1-3-10(13)9(5-7)11-4-2-8(16-11)6-15-14/h1-6H,14H2/b15-6-. The average Bonchev–Trinajstić information content (AvgIpc) is 2.71. The highest BCUT2D eigenvalue weighted by atomic mass is 35.5. The molecule has 16 heavy (non-hydrogen) atoms. The summed E-state index contributed by atoms with van der Waals surface area (Å²) in [6, 6.07) is 8.72. The number of nitrogens with two attached hydrogens (primary N) is 1. The molecule has 0 spiro atoms. The number of rotatable bonds is 2. The highest BCUT2D eigenvalue weighted by Gasteiger charge is 2.08. The Bertz CT molecular complexity index is 535. The number of nitrogens with zero attached hydrogens (tertiary/aromatic N) is 1. The van der Waals surface area contributed by atoms with Gasteiger partial charge in [-0.15, -0.1) is 0 Å². The second kappa shape index (κ2) is 4.60. The molecular formula is C11H8Cl2N2O. The zero-order valence-corrected chi connectivity index (χ0v) is 9.66. The maximum atomic E-state index is 6.04. The van der Waals surface area contributed by atoms with Crippen molar-refractivity contribution >= 4 is 29.4 Å². The van der Waals surface area contributed by atoms with Crippen LogP contribution in [0.3, 0.4) is 0 Å². The first-order valence-electron chi connectivity index (χ1n) is 4.49. The van der Waals surface area contributed by atoms with Crippen LogP contribution in [0, 0.1) is 0 Å². The van der Waals surface area contributed by atoms with E-state index in [-0.39, 0.29) is 0 Å². The lowest BCUT2D eigenvalue weighted by Crippen LogP contribution is -1.82. The second-order valence-corrected chi connectivity index (χ2v) is 3.95. The molecule has 1 heterocycles. The van der Waals surface area contributed by atoms with Crippen molar-refractivity contribution < 1.29 is 4.42 Å². The molecular weight excluding hydrogens is 247 g/mol. The van der Waals surface area contributed by atoms with Crippen molar-refractivity contribution in [2.75, 3.05) is 0 Å². The van der Waals surface area contributed by atoms with E-state index in [0.29, 0.717) is 21.6 Å². The Morgan fingerprint density at radius 2 is 2.00 bits per heavy atom. The summed E-state index contributed by atoms with van der Waals surface area (Å²) in [6.07, 6.45) is 1.42. The smallest absolute Gasteiger partial charge is 0.147 e. The van der Waals surface area contributed by atoms with Gasteiger partial charge in [-0.2, -0.15) is 5.10 Å². The summed E-state index contributed by atoms with van der Waals surface area (Å²) >= 11 is 11.9. The molecule has 1 aromatic carbocycles. The van der Waals surface area contributed by atoms with Crippen LogP contribution in [0.1, 0.15) is 5.76 Å². The van der Waals surface area contributed by atoms with E-state index in [0.717, 1.165) is 5.56 Å². The summed E-state index contributed by atoms with van der Waals surface area (Å²) in [6.45, 7) is 0. The molecule has 0 aliphatic rings. The molecule has 0 fully saturated rings. The molecule has 82 valence electrons. The Labute approximate surface area is 102 Å². The fraction of sp³-hybridized carbons (Fsp3) is 0. The van der Waals surface area contributed by atoms with Crippen molar-refractivity contribution in [3.63, 3.8) is 0 Å². The molecule has 0 aliphatic carbocycles. The van der Waals surface area contributed by atoms with Crippen molar-refractivity contribution in [2.24, 2.45) is 10.9 Å². The lowest BCUT2D eigenvalue weighted by Gasteiger charge is -2.00. The van der Waals surface area contributed by atoms with Gasteiger partial charge >= 0.3 is 0 Å². The van der Waals surface area contributed by atoms with Crippen LogP contribution in [-0.4, -0.2) is 6.21 Å². The Morgan fingerprint density at radius 1 is 1.19 bits per heavy atom. The van der Waals surface area contributed by atoms with E-state index in [2.05, 4.69) is 5.10 Å². The molecule has 0 radical (unpaired) electrons. The zero-order valence-electron chi connectivity index (χ0n) is 8.15. The highest BCUT2D eigenvalue weighted by Crippen LogP contribution is 2.31. The van der Waals surface area contributed by atoms with Crippen LogP contribution < -0.4 is 5.84 Å². The number of hydrazone groups is 1. The molecule has 1 aromatic heterocycles. The van der Waals surface area contributed by atoms with E-state index in [1.807, 2.05) is 0 Å². The van der Waals surface area contributed by atoms with Gasteiger partial charge in [0.1, 0.15) is 11.5 Å². The molecule has 5 heteroatoms. The Morgan fingerprint density at radius 3 is 2.75 bits per heavy atom. The van der Waals surface area contributed by atoms with E-state index >= 15 is 0 Å². The van der Waals surface area contributed by atoms with Crippen molar-refractivity contribution in [1.82, 2.24) is 0 Å². The third kappa shape index (κ3) is 2.21. The maximum absolute atomic E-state index is 6.04. The quantitative estimate of drug-likeness (QED) is 0.506. The molecule has 0 bridgehead atoms. The summed E-state index contributed by atoms with van der Waals surface area (Å²) in [7, 11) is 0. The lowest BCUT2D eigenvalue weighted by atomic mass is 10.2. The van der Waals surface area contributed by atoms with E-state index in [1.165, 1.54) is 6.21 Å². The van der Waals surface area contributed by atoms with Gasteiger partial charge in [-0.05, 0) is 30.3 Å². The minimum absolute atomic E-state index is 0.563. The Hall–Kier alpha value is -1.45. The molecule has 2 aromatic rings. The first-order chi connectivity index (χ1) is 7.70. The molecule has 0 saturated heterocycles. The summed E-state index contributed by atoms with van der Waals surface area (Å²) in [5, 5.41) is 4.56. The third-order valence-corrected chi connectivity index (χ3v) is 2.59. The molecule has 0 atom stereocenters. The highest BCUT2D eigenvalue weighted by molar-refractivity contribution is 6.35. The normalized spacial score (nSPS) is 11.1. The van der Waals surface area contributed by atoms with Gasteiger partial charge in [-0.1, -0.05) is 23.2 Å². The van der Waals surface area contributed by atoms with E-state index < -0.39 is 0 Å². The first-order valence-corrected chi connectivity index (χ1v) is 5.25. The molecule has 2 N–H and O–H groups in total. The predicted molar refractivity (Wildman–Crippen MR) is 65.9 cm³/mol. The van der Waals surface area contributed by atoms with Crippen molar-refractivity contribution in [2.45, 2.75) is 0 Å². The van der Waals surface area contributed by atoms with Crippen LogP contribution >= 0.6 is 23.2 Å². The zero-order chi connectivity index (χ0) is 11.5. The number of halogens is 2. The van der Waals surface area contributed by atoms with Gasteiger partial charge in [0, 0.05) is 10.6 Å². The summed E-state index contributed by atoms with van der Waals surface area (Å²) in [4.78, 5) is 0. The van der Waals surface area contributed by atoms with E-state index in [9.17, 15) is 0 Å². The van der Waals surface area contributed by atoms with Gasteiger partial charge < -0.3 is 10.3 Å². The first kappa shape index (κ1) is 11.0. The average molecular weight is 255 g/mol. The van der Waals surface area contributed by atoms with Crippen LogP contribution in [0.15, 0.2) is 39.9 Å². The minimum Gasteiger partial charge on any atom is -0.455 e. The fourth-order valence-corrected chi connectivity index (χ4v) is 1.71. The number of benzene rings is 1. The van der Waals surface area contributed by atoms with Gasteiger partial charge in [0.2, 0.25) is 0 Å². The summed E-state index contributed by atoms with van der Waals surface area (Å²) in [5.74, 6) is 6.22. The minimum atomic E-state index is 0.563. The van der Waals surface area contributed by atoms with Crippen LogP contribution in [0.5, 0.6) is 0 Å². The van der Waals surface area contributed by atoms with Crippen molar-refractivity contribution in [3.8, 4) is 11.3 Å². The van der Waals surface area contributed by atoms with Crippen molar-refractivity contribution in [3.05, 3.63) is 46.1 Å². The van der Waals surface area contributed by atoms with Crippen LogP contribution in [0.25, 0.3) is 11.3 Å². The Balaban J connectivity index is 2.45. The topological polar surface area (TPSA) is 51.5 Å². The fourth-order valence-electron chi connectivity index (χ4n) is 1.33. The van der Waals surface area contributed by atoms with Crippen LogP contribution in [0.2, 0.25) is 10.0 Å².